The summed E-state index contributed by atoms with van der Waals surface area (Å²) < 4.78 is 5.05. The molecule has 0 aliphatic carbocycles. The number of nitrogens with zero attached hydrogens (tertiary/aromatic N) is 2. The van der Waals surface area contributed by atoms with Crippen molar-refractivity contribution < 1.29 is 4.57 Å². The molecule has 170 valence electrons. The van der Waals surface area contributed by atoms with Crippen molar-refractivity contribution in [3.8, 4) is 0 Å². The highest BCUT2D eigenvalue weighted by Gasteiger charge is 2.14. The van der Waals surface area contributed by atoms with E-state index in [4.69, 9.17) is 0 Å². The van der Waals surface area contributed by atoms with Crippen LogP contribution in [0.2, 0.25) is 0 Å². The Labute approximate surface area is 183 Å². The van der Waals surface area contributed by atoms with Gasteiger partial charge in [-0.2, -0.15) is 0 Å². The Morgan fingerprint density at radius 2 is 1.03 bits per heavy atom. The van der Waals surface area contributed by atoms with Crippen molar-refractivity contribution in [2.45, 2.75) is 156 Å². The molecular formula is C27H53N2+. The summed E-state index contributed by atoms with van der Waals surface area (Å²) in [5.41, 5.74) is 0. The highest BCUT2D eigenvalue weighted by atomic mass is 15.1. The van der Waals surface area contributed by atoms with Gasteiger partial charge in [0.2, 0.25) is 0 Å². The predicted molar refractivity (Wildman–Crippen MR) is 128 cm³/mol. The zero-order valence-corrected chi connectivity index (χ0v) is 20.4. The van der Waals surface area contributed by atoms with E-state index in [0.717, 1.165) is 6.42 Å². The maximum atomic E-state index is 2.52. The van der Waals surface area contributed by atoms with Crippen LogP contribution in [0.25, 0.3) is 0 Å². The molecule has 0 aliphatic heterocycles. The van der Waals surface area contributed by atoms with Gasteiger partial charge in [-0.1, -0.05) is 111 Å². The van der Waals surface area contributed by atoms with Gasteiger partial charge in [0, 0.05) is 6.42 Å². The summed E-state index contributed by atoms with van der Waals surface area (Å²) in [6, 6.07) is 0. The summed E-state index contributed by atoms with van der Waals surface area (Å²) in [4.78, 5) is 0. The lowest BCUT2D eigenvalue weighted by Crippen LogP contribution is -2.37. The van der Waals surface area contributed by atoms with Crippen LogP contribution in [-0.4, -0.2) is 4.57 Å². The minimum Gasteiger partial charge on any atom is -0.234 e. The number of aromatic nitrogens is 2. The van der Waals surface area contributed by atoms with E-state index in [2.05, 4.69) is 42.3 Å². The molecule has 2 heteroatoms. The second-order valence-electron chi connectivity index (χ2n) is 9.11. The van der Waals surface area contributed by atoms with Crippen LogP contribution in [0.5, 0.6) is 0 Å². The number of hydrogen-bond donors (Lipinski definition) is 0. The fraction of sp³-hybridized carbons (Fsp3) is 0.889. The quantitative estimate of drug-likeness (QED) is 0.143. The molecule has 0 atom stereocenters. The van der Waals surface area contributed by atoms with E-state index >= 15 is 0 Å². The number of hydrogen-bond acceptors (Lipinski definition) is 0. The van der Waals surface area contributed by atoms with Crippen molar-refractivity contribution in [1.29, 1.82) is 0 Å². The lowest BCUT2D eigenvalue weighted by molar-refractivity contribution is -0.704. The second kappa shape index (κ2) is 19.2. The lowest BCUT2D eigenvalue weighted by Gasteiger charge is -2.05. The van der Waals surface area contributed by atoms with E-state index in [1.807, 2.05) is 0 Å². The normalized spacial score (nSPS) is 11.4. The van der Waals surface area contributed by atoms with Crippen molar-refractivity contribution in [3.05, 3.63) is 18.2 Å². The Kier molecular flexibility index (Phi) is 17.4. The van der Waals surface area contributed by atoms with Gasteiger partial charge in [-0.15, -0.1) is 0 Å². The molecule has 1 rings (SSSR count). The molecule has 0 aliphatic rings. The zero-order chi connectivity index (χ0) is 21.0. The summed E-state index contributed by atoms with van der Waals surface area (Å²) in [6.07, 6.45) is 31.3. The smallest absolute Gasteiger partial charge is 0.234 e. The molecule has 0 bridgehead atoms. The van der Waals surface area contributed by atoms with Gasteiger partial charge in [0.1, 0.15) is 12.4 Å². The van der Waals surface area contributed by atoms with Crippen molar-refractivity contribution in [3.63, 3.8) is 0 Å². The van der Waals surface area contributed by atoms with Gasteiger partial charge >= 0.3 is 0 Å². The summed E-state index contributed by atoms with van der Waals surface area (Å²) in [5.74, 6) is 1.53. The van der Waals surface area contributed by atoms with Crippen LogP contribution in [0.3, 0.4) is 0 Å². The third kappa shape index (κ3) is 13.2. The van der Waals surface area contributed by atoms with Crippen LogP contribution in [0.1, 0.15) is 142 Å². The van der Waals surface area contributed by atoms with Gasteiger partial charge in [-0.25, -0.2) is 9.13 Å². The molecule has 0 unspecified atom stereocenters. The molecule has 0 spiro atoms. The first kappa shape index (κ1) is 26.2. The van der Waals surface area contributed by atoms with Gasteiger partial charge in [-0.05, 0) is 25.7 Å². The molecule has 29 heavy (non-hydrogen) atoms. The Balaban J connectivity index is 2.10. The fourth-order valence-electron chi connectivity index (χ4n) is 4.50. The van der Waals surface area contributed by atoms with Gasteiger partial charge in [-0.3, -0.25) is 0 Å². The molecule has 1 aromatic heterocycles. The molecule has 2 nitrogen and oxygen atoms in total. The third-order valence-electron chi connectivity index (χ3n) is 6.41. The van der Waals surface area contributed by atoms with E-state index in [1.165, 1.54) is 134 Å². The number of aryl methyl sites for hydroxylation is 2. The van der Waals surface area contributed by atoms with Gasteiger partial charge < -0.3 is 0 Å². The van der Waals surface area contributed by atoms with Gasteiger partial charge in [0.15, 0.2) is 0 Å². The summed E-state index contributed by atoms with van der Waals surface area (Å²) in [6.45, 7) is 9.33. The largest absolute Gasteiger partial charge is 0.256 e. The molecule has 0 aromatic carbocycles. The standard InChI is InChI=1S/C27H53N2/c1-4-7-9-11-13-15-17-19-21-23-28-25-26-29(27(28)6-3)24-22-20-18-16-14-12-10-8-5-2/h25-26H,4-24H2,1-3H3/q+1. The maximum absolute atomic E-state index is 2.52. The Morgan fingerprint density at radius 3 is 1.52 bits per heavy atom. The minimum atomic E-state index is 1.15. The Bertz CT molecular complexity index is 424. The van der Waals surface area contributed by atoms with Crippen LogP contribution < -0.4 is 4.57 Å². The van der Waals surface area contributed by atoms with E-state index in [0.29, 0.717) is 0 Å². The first-order valence-corrected chi connectivity index (χ1v) is 13.4. The maximum Gasteiger partial charge on any atom is 0.256 e. The van der Waals surface area contributed by atoms with Crippen LogP contribution in [0, 0.1) is 0 Å². The molecule has 0 amide bonds. The van der Waals surface area contributed by atoms with Gasteiger partial charge in [0.25, 0.3) is 5.82 Å². The lowest BCUT2D eigenvalue weighted by atomic mass is 10.1. The Hall–Kier alpha value is -0.790. The summed E-state index contributed by atoms with van der Waals surface area (Å²) in [7, 11) is 0. The van der Waals surface area contributed by atoms with Crippen molar-refractivity contribution in [2.24, 2.45) is 0 Å². The highest BCUT2D eigenvalue weighted by molar-refractivity contribution is 4.83. The first-order valence-electron chi connectivity index (χ1n) is 13.4. The van der Waals surface area contributed by atoms with E-state index < -0.39 is 0 Å². The van der Waals surface area contributed by atoms with E-state index in [-0.39, 0.29) is 0 Å². The van der Waals surface area contributed by atoms with Crippen LogP contribution in [0.15, 0.2) is 12.4 Å². The average Bonchev–Trinajstić information content (AvgIpc) is 3.13. The Morgan fingerprint density at radius 1 is 0.586 bits per heavy atom. The number of imidazole rings is 1. The molecule has 0 N–H and O–H groups in total. The number of rotatable bonds is 21. The van der Waals surface area contributed by atoms with Crippen molar-refractivity contribution in [2.75, 3.05) is 0 Å². The molecular weight excluding hydrogens is 352 g/mol. The second-order valence-corrected chi connectivity index (χ2v) is 9.11. The van der Waals surface area contributed by atoms with Crippen molar-refractivity contribution >= 4 is 0 Å². The molecule has 1 aromatic rings. The molecule has 0 radical (unpaired) electrons. The van der Waals surface area contributed by atoms with E-state index in [9.17, 15) is 0 Å². The van der Waals surface area contributed by atoms with Crippen molar-refractivity contribution in [1.82, 2.24) is 4.57 Å². The monoisotopic (exact) mass is 405 g/mol. The first-order chi connectivity index (χ1) is 14.3. The summed E-state index contributed by atoms with van der Waals surface area (Å²) >= 11 is 0. The number of unbranched alkanes of at least 4 members (excludes halogenated alkanes) is 16. The van der Waals surface area contributed by atoms with Crippen LogP contribution in [0.4, 0.5) is 0 Å². The molecule has 0 saturated heterocycles. The van der Waals surface area contributed by atoms with Gasteiger partial charge in [0.05, 0.1) is 13.1 Å². The van der Waals surface area contributed by atoms with E-state index in [1.54, 1.807) is 0 Å². The SMILES string of the molecule is CCCCCCCCCCCn1cc[n+](CCCCCCCCCCC)c1CC. The van der Waals surface area contributed by atoms with Crippen LogP contribution in [-0.2, 0) is 19.5 Å². The highest BCUT2D eigenvalue weighted by Crippen LogP contribution is 2.12. The average molecular weight is 406 g/mol. The zero-order valence-electron chi connectivity index (χ0n) is 20.4. The third-order valence-corrected chi connectivity index (χ3v) is 6.41. The predicted octanol–water partition coefficient (Wildman–Crippen LogP) is 8.40. The fourth-order valence-corrected chi connectivity index (χ4v) is 4.50. The summed E-state index contributed by atoms with van der Waals surface area (Å²) in [5, 5.41) is 0. The van der Waals surface area contributed by atoms with Crippen LogP contribution >= 0.6 is 0 Å². The molecule has 0 saturated carbocycles. The topological polar surface area (TPSA) is 8.81 Å². The molecule has 0 fully saturated rings. The molecule has 1 heterocycles. The minimum absolute atomic E-state index is 1.15.